The Balaban J connectivity index is 1.75. The van der Waals surface area contributed by atoms with Crippen molar-refractivity contribution in [2.45, 2.75) is 19.2 Å². The molecule has 0 spiro atoms. The number of sulfonamides is 1. The van der Waals surface area contributed by atoms with E-state index < -0.39 is 10.0 Å². The number of hydrogen-bond donors (Lipinski definition) is 1. The Bertz CT molecular complexity index is 919. The van der Waals surface area contributed by atoms with Crippen LogP contribution in [0.15, 0.2) is 67.3 Å². The van der Waals surface area contributed by atoms with Crippen molar-refractivity contribution in [1.82, 2.24) is 14.3 Å². The minimum atomic E-state index is -3.42. The Morgan fingerprint density at radius 1 is 1.04 bits per heavy atom. The lowest BCUT2D eigenvalue weighted by Gasteiger charge is -2.12. The SMILES string of the molecule is Cc1ccccc1CS(=O)(=O)NCc1ccccc1-n1ccnc1. The average Bonchev–Trinajstić information content (AvgIpc) is 3.10. The monoisotopic (exact) mass is 341 g/mol. The molecule has 1 N–H and O–H groups in total. The second-order valence-corrected chi connectivity index (χ2v) is 7.41. The van der Waals surface area contributed by atoms with Gasteiger partial charge in [0.05, 0.1) is 17.8 Å². The molecule has 0 unspecified atom stereocenters. The van der Waals surface area contributed by atoms with Gasteiger partial charge in [-0.3, -0.25) is 0 Å². The number of rotatable bonds is 6. The summed E-state index contributed by atoms with van der Waals surface area (Å²) >= 11 is 0. The van der Waals surface area contributed by atoms with E-state index in [1.165, 1.54) is 0 Å². The smallest absolute Gasteiger partial charge is 0.216 e. The number of aryl methyl sites for hydroxylation is 1. The maximum Gasteiger partial charge on any atom is 0.216 e. The van der Waals surface area contributed by atoms with Gasteiger partial charge in [-0.1, -0.05) is 42.5 Å². The van der Waals surface area contributed by atoms with E-state index in [9.17, 15) is 8.42 Å². The van der Waals surface area contributed by atoms with Crippen LogP contribution in [0.4, 0.5) is 0 Å². The van der Waals surface area contributed by atoms with Crippen molar-refractivity contribution in [3.05, 3.63) is 83.9 Å². The van der Waals surface area contributed by atoms with Gasteiger partial charge in [0.25, 0.3) is 0 Å². The van der Waals surface area contributed by atoms with Gasteiger partial charge in [0.15, 0.2) is 0 Å². The number of para-hydroxylation sites is 1. The minimum Gasteiger partial charge on any atom is -0.306 e. The molecule has 5 nitrogen and oxygen atoms in total. The van der Waals surface area contributed by atoms with Gasteiger partial charge in [0, 0.05) is 18.9 Å². The van der Waals surface area contributed by atoms with Crippen LogP contribution in [0, 0.1) is 6.92 Å². The van der Waals surface area contributed by atoms with E-state index in [0.29, 0.717) is 0 Å². The second kappa shape index (κ2) is 6.98. The summed E-state index contributed by atoms with van der Waals surface area (Å²) in [4.78, 5) is 4.04. The minimum absolute atomic E-state index is 0.0209. The molecule has 3 aromatic rings. The van der Waals surface area contributed by atoms with Crippen LogP contribution in [0.25, 0.3) is 5.69 Å². The predicted octanol–water partition coefficient (Wildman–Crippen LogP) is 2.80. The average molecular weight is 341 g/mol. The van der Waals surface area contributed by atoms with Crippen molar-refractivity contribution in [3.8, 4) is 5.69 Å². The Kier molecular flexibility index (Phi) is 4.78. The molecular weight excluding hydrogens is 322 g/mol. The molecule has 1 heterocycles. The Morgan fingerprint density at radius 3 is 2.46 bits per heavy atom. The lowest BCUT2D eigenvalue weighted by Crippen LogP contribution is -2.25. The first-order chi connectivity index (χ1) is 11.6. The first kappa shape index (κ1) is 16.4. The van der Waals surface area contributed by atoms with Crippen LogP contribution in [-0.4, -0.2) is 18.0 Å². The standard InChI is InChI=1S/C18H19N3O2S/c1-15-6-2-3-8-17(15)13-24(22,23)20-12-16-7-4-5-9-18(16)21-11-10-19-14-21/h2-11,14,20H,12-13H2,1H3. The quantitative estimate of drug-likeness (QED) is 0.750. The number of nitrogens with zero attached hydrogens (tertiary/aromatic N) is 2. The van der Waals surface area contributed by atoms with Gasteiger partial charge in [-0.25, -0.2) is 18.1 Å². The topological polar surface area (TPSA) is 64.0 Å². The first-order valence-electron chi connectivity index (χ1n) is 7.63. The molecule has 0 saturated heterocycles. The van der Waals surface area contributed by atoms with Crippen LogP contribution >= 0.6 is 0 Å². The zero-order valence-electron chi connectivity index (χ0n) is 13.4. The maximum absolute atomic E-state index is 12.4. The highest BCUT2D eigenvalue weighted by Gasteiger charge is 2.14. The number of imidazole rings is 1. The zero-order valence-corrected chi connectivity index (χ0v) is 14.2. The fourth-order valence-corrected chi connectivity index (χ4v) is 3.74. The summed E-state index contributed by atoms with van der Waals surface area (Å²) in [6.45, 7) is 2.15. The Labute approximate surface area is 142 Å². The highest BCUT2D eigenvalue weighted by atomic mass is 32.2. The predicted molar refractivity (Wildman–Crippen MR) is 94.2 cm³/mol. The number of nitrogens with one attached hydrogen (secondary N) is 1. The maximum atomic E-state index is 12.4. The summed E-state index contributed by atoms with van der Waals surface area (Å²) in [6, 6.07) is 15.2. The molecule has 0 aliphatic carbocycles. The van der Waals surface area contributed by atoms with Crippen LogP contribution in [0.5, 0.6) is 0 Å². The van der Waals surface area contributed by atoms with Gasteiger partial charge in [-0.15, -0.1) is 0 Å². The van der Waals surface area contributed by atoms with Crippen molar-refractivity contribution in [1.29, 1.82) is 0 Å². The van der Waals surface area contributed by atoms with Crippen LogP contribution < -0.4 is 4.72 Å². The van der Waals surface area contributed by atoms with E-state index >= 15 is 0 Å². The molecule has 0 aliphatic heterocycles. The molecule has 6 heteroatoms. The second-order valence-electron chi connectivity index (χ2n) is 5.61. The summed E-state index contributed by atoms with van der Waals surface area (Å²) in [5, 5.41) is 0. The van der Waals surface area contributed by atoms with Crippen molar-refractivity contribution in [3.63, 3.8) is 0 Å². The summed E-state index contributed by atoms with van der Waals surface area (Å²) in [5.41, 5.74) is 3.59. The van der Waals surface area contributed by atoms with E-state index in [1.54, 1.807) is 12.5 Å². The van der Waals surface area contributed by atoms with Gasteiger partial charge in [-0.2, -0.15) is 0 Å². The molecule has 0 fully saturated rings. The van der Waals surface area contributed by atoms with E-state index in [-0.39, 0.29) is 12.3 Å². The molecule has 2 aromatic carbocycles. The zero-order chi connectivity index (χ0) is 17.0. The molecule has 0 amide bonds. The Hall–Kier alpha value is -2.44. The highest BCUT2D eigenvalue weighted by molar-refractivity contribution is 7.88. The van der Waals surface area contributed by atoms with Crippen molar-refractivity contribution in [2.75, 3.05) is 0 Å². The summed E-state index contributed by atoms with van der Waals surface area (Å²) in [5.74, 6) is -0.0209. The lowest BCUT2D eigenvalue weighted by atomic mass is 10.1. The normalized spacial score (nSPS) is 11.5. The third-order valence-corrected chi connectivity index (χ3v) is 5.14. The third-order valence-electron chi connectivity index (χ3n) is 3.86. The van der Waals surface area contributed by atoms with Crippen LogP contribution in [0.1, 0.15) is 16.7 Å². The van der Waals surface area contributed by atoms with Crippen LogP contribution in [0.2, 0.25) is 0 Å². The molecule has 0 atom stereocenters. The van der Waals surface area contributed by atoms with E-state index in [0.717, 1.165) is 22.4 Å². The molecular formula is C18H19N3O2S. The number of hydrogen-bond acceptors (Lipinski definition) is 3. The van der Waals surface area contributed by atoms with Crippen LogP contribution in [-0.2, 0) is 22.3 Å². The van der Waals surface area contributed by atoms with Crippen molar-refractivity contribution >= 4 is 10.0 Å². The third kappa shape index (κ3) is 3.90. The Morgan fingerprint density at radius 2 is 1.75 bits per heavy atom. The lowest BCUT2D eigenvalue weighted by molar-refractivity contribution is 0.580. The molecule has 24 heavy (non-hydrogen) atoms. The van der Waals surface area contributed by atoms with E-state index in [2.05, 4.69) is 9.71 Å². The molecule has 0 aliphatic rings. The highest BCUT2D eigenvalue weighted by Crippen LogP contribution is 2.15. The fourth-order valence-electron chi connectivity index (χ4n) is 2.53. The van der Waals surface area contributed by atoms with Gasteiger partial charge in [0.2, 0.25) is 10.0 Å². The first-order valence-corrected chi connectivity index (χ1v) is 9.28. The van der Waals surface area contributed by atoms with Gasteiger partial charge < -0.3 is 4.57 Å². The van der Waals surface area contributed by atoms with E-state index in [1.807, 2.05) is 66.2 Å². The number of aromatic nitrogens is 2. The molecule has 3 rings (SSSR count). The fraction of sp³-hybridized carbons (Fsp3) is 0.167. The molecule has 124 valence electrons. The summed E-state index contributed by atoms with van der Waals surface area (Å²) in [7, 11) is -3.42. The molecule has 0 bridgehead atoms. The summed E-state index contributed by atoms with van der Waals surface area (Å²) in [6.07, 6.45) is 5.22. The van der Waals surface area contributed by atoms with Gasteiger partial charge >= 0.3 is 0 Å². The molecule has 0 saturated carbocycles. The largest absolute Gasteiger partial charge is 0.306 e. The van der Waals surface area contributed by atoms with Gasteiger partial charge in [-0.05, 0) is 29.7 Å². The van der Waals surface area contributed by atoms with Crippen LogP contribution in [0.3, 0.4) is 0 Å². The van der Waals surface area contributed by atoms with Crippen molar-refractivity contribution < 1.29 is 8.42 Å². The summed E-state index contributed by atoms with van der Waals surface area (Å²) < 4.78 is 29.3. The molecule has 0 radical (unpaired) electrons. The van der Waals surface area contributed by atoms with E-state index in [4.69, 9.17) is 0 Å². The molecule has 1 aromatic heterocycles. The number of benzene rings is 2. The van der Waals surface area contributed by atoms with Crippen molar-refractivity contribution in [2.24, 2.45) is 0 Å². The van der Waals surface area contributed by atoms with Gasteiger partial charge in [0.1, 0.15) is 0 Å².